The summed E-state index contributed by atoms with van der Waals surface area (Å²) in [7, 11) is 0. The summed E-state index contributed by atoms with van der Waals surface area (Å²) in [5.41, 5.74) is 0.789. The Kier molecular flexibility index (Phi) is 3.95. The number of aromatic nitrogens is 1. The van der Waals surface area contributed by atoms with Crippen LogP contribution in [0.15, 0.2) is 47.3 Å². The minimum atomic E-state index is -0.998. The predicted octanol–water partition coefficient (Wildman–Crippen LogP) is 1.00. The smallest absolute Gasteiger partial charge is 0.335 e. The van der Waals surface area contributed by atoms with E-state index in [1.54, 1.807) is 12.1 Å². The highest BCUT2D eigenvalue weighted by atomic mass is 16.4. The van der Waals surface area contributed by atoms with Crippen molar-refractivity contribution in [1.29, 1.82) is 0 Å². The molecule has 20 heavy (non-hydrogen) atoms. The van der Waals surface area contributed by atoms with Crippen LogP contribution in [0.1, 0.15) is 26.4 Å². The van der Waals surface area contributed by atoms with Crippen molar-refractivity contribution in [3.8, 4) is 0 Å². The van der Waals surface area contributed by atoms with Gasteiger partial charge >= 0.3 is 5.97 Å². The van der Waals surface area contributed by atoms with Gasteiger partial charge in [0.2, 0.25) is 5.56 Å². The molecule has 0 bridgehead atoms. The Bertz CT molecular complexity index is 689. The molecule has 0 radical (unpaired) electrons. The highest BCUT2D eigenvalue weighted by Crippen LogP contribution is 2.04. The molecule has 0 atom stereocenters. The Labute approximate surface area is 114 Å². The quantitative estimate of drug-likeness (QED) is 0.773. The molecule has 0 spiro atoms. The summed E-state index contributed by atoms with van der Waals surface area (Å²) in [5, 5.41) is 11.4. The maximum Gasteiger partial charge on any atom is 0.335 e. The Morgan fingerprint density at radius 3 is 2.40 bits per heavy atom. The molecule has 3 N–H and O–H groups in total. The van der Waals surface area contributed by atoms with Gasteiger partial charge in [0, 0.05) is 12.6 Å². The van der Waals surface area contributed by atoms with Gasteiger partial charge in [-0.1, -0.05) is 18.2 Å². The number of hydrogen-bond acceptors (Lipinski definition) is 3. The van der Waals surface area contributed by atoms with Gasteiger partial charge in [-0.15, -0.1) is 0 Å². The molecule has 6 nitrogen and oxygen atoms in total. The average molecular weight is 272 g/mol. The van der Waals surface area contributed by atoms with Crippen LogP contribution in [0.25, 0.3) is 0 Å². The molecule has 0 aliphatic carbocycles. The molecule has 0 saturated carbocycles. The van der Waals surface area contributed by atoms with Gasteiger partial charge in [-0.05, 0) is 23.8 Å². The molecule has 0 unspecified atom stereocenters. The lowest BCUT2D eigenvalue weighted by molar-refractivity contribution is 0.0696. The number of aromatic carboxylic acids is 1. The van der Waals surface area contributed by atoms with Crippen LogP contribution in [0, 0.1) is 0 Å². The molecule has 2 aromatic rings. The van der Waals surface area contributed by atoms with Crippen LogP contribution in [0.2, 0.25) is 0 Å². The molecule has 0 fully saturated rings. The fourth-order valence-electron chi connectivity index (χ4n) is 1.62. The number of carbonyl (C=O) groups is 2. The van der Waals surface area contributed by atoms with Crippen molar-refractivity contribution in [2.45, 2.75) is 6.54 Å². The molecule has 102 valence electrons. The second-order valence-corrected chi connectivity index (χ2v) is 4.11. The number of pyridine rings is 1. The minimum absolute atomic E-state index is 0.180. The number of nitrogens with one attached hydrogen (secondary N) is 2. The Morgan fingerprint density at radius 1 is 1.10 bits per heavy atom. The van der Waals surface area contributed by atoms with E-state index in [0.717, 1.165) is 5.56 Å². The molecular formula is C14H12N2O4. The van der Waals surface area contributed by atoms with Crippen LogP contribution in [0.3, 0.4) is 0 Å². The molecule has 6 heteroatoms. The zero-order valence-corrected chi connectivity index (χ0v) is 10.4. The second-order valence-electron chi connectivity index (χ2n) is 4.11. The predicted molar refractivity (Wildman–Crippen MR) is 71.6 cm³/mol. The number of aromatic amines is 1. The third-order valence-corrected chi connectivity index (χ3v) is 2.67. The van der Waals surface area contributed by atoms with Crippen molar-refractivity contribution in [2.75, 3.05) is 0 Å². The standard InChI is InChI=1S/C14H12N2O4/c17-12-3-1-2-11(16-12)13(18)15-8-9-4-6-10(7-5-9)14(19)20/h1-7H,8H2,(H,15,18)(H,16,17)(H,19,20). The van der Waals surface area contributed by atoms with Gasteiger partial charge in [-0.2, -0.15) is 0 Å². The molecule has 1 aromatic heterocycles. The zero-order valence-electron chi connectivity index (χ0n) is 10.4. The summed E-state index contributed by atoms with van der Waals surface area (Å²) in [6, 6.07) is 10.5. The first-order valence-corrected chi connectivity index (χ1v) is 5.86. The van der Waals surface area contributed by atoms with Crippen LogP contribution in [-0.2, 0) is 6.54 Å². The van der Waals surface area contributed by atoms with Gasteiger partial charge in [-0.25, -0.2) is 4.79 Å². The Hall–Kier alpha value is -2.89. The first-order chi connectivity index (χ1) is 9.56. The van der Waals surface area contributed by atoms with E-state index in [-0.39, 0.29) is 23.4 Å². The Morgan fingerprint density at radius 2 is 1.80 bits per heavy atom. The SMILES string of the molecule is O=C(O)c1ccc(CNC(=O)c2cccc(=O)[nH]2)cc1. The summed E-state index contributed by atoms with van der Waals surface area (Å²) in [6.45, 7) is 0.246. The van der Waals surface area contributed by atoms with Gasteiger partial charge in [0.15, 0.2) is 0 Å². The zero-order chi connectivity index (χ0) is 14.5. The van der Waals surface area contributed by atoms with E-state index in [1.165, 1.54) is 30.3 Å². The minimum Gasteiger partial charge on any atom is -0.478 e. The summed E-state index contributed by atoms with van der Waals surface area (Å²) in [5.74, 6) is -1.40. The highest BCUT2D eigenvalue weighted by molar-refractivity contribution is 5.92. The van der Waals surface area contributed by atoms with Crippen molar-refractivity contribution in [3.05, 3.63) is 69.6 Å². The normalized spacial score (nSPS) is 10.0. The lowest BCUT2D eigenvalue weighted by Gasteiger charge is -2.05. The van der Waals surface area contributed by atoms with Crippen molar-refractivity contribution < 1.29 is 14.7 Å². The summed E-state index contributed by atoms with van der Waals surface area (Å²) in [6.07, 6.45) is 0. The van der Waals surface area contributed by atoms with Crippen LogP contribution in [0.5, 0.6) is 0 Å². The lowest BCUT2D eigenvalue weighted by atomic mass is 10.1. The van der Waals surface area contributed by atoms with Gasteiger partial charge in [0.1, 0.15) is 5.69 Å². The van der Waals surface area contributed by atoms with E-state index in [9.17, 15) is 14.4 Å². The van der Waals surface area contributed by atoms with Crippen LogP contribution >= 0.6 is 0 Å². The van der Waals surface area contributed by atoms with Gasteiger partial charge in [0.25, 0.3) is 5.91 Å². The molecule has 0 aliphatic heterocycles. The Balaban J connectivity index is 2.00. The number of amides is 1. The summed E-state index contributed by atoms with van der Waals surface area (Å²) < 4.78 is 0. The summed E-state index contributed by atoms with van der Waals surface area (Å²) >= 11 is 0. The van der Waals surface area contributed by atoms with Crippen molar-refractivity contribution in [3.63, 3.8) is 0 Å². The third kappa shape index (κ3) is 3.32. The second kappa shape index (κ2) is 5.83. The van der Waals surface area contributed by atoms with Gasteiger partial charge in [-0.3, -0.25) is 9.59 Å². The number of H-pyrrole nitrogens is 1. The third-order valence-electron chi connectivity index (χ3n) is 2.67. The van der Waals surface area contributed by atoms with Crippen molar-refractivity contribution in [1.82, 2.24) is 10.3 Å². The molecular weight excluding hydrogens is 260 g/mol. The fraction of sp³-hybridized carbons (Fsp3) is 0.0714. The number of benzene rings is 1. The maximum atomic E-state index is 11.8. The largest absolute Gasteiger partial charge is 0.478 e. The number of hydrogen-bond donors (Lipinski definition) is 3. The number of carboxylic acids is 1. The molecule has 1 heterocycles. The maximum absolute atomic E-state index is 11.8. The van der Waals surface area contributed by atoms with E-state index in [4.69, 9.17) is 5.11 Å². The lowest BCUT2D eigenvalue weighted by Crippen LogP contribution is -2.25. The van der Waals surface area contributed by atoms with Gasteiger partial charge < -0.3 is 15.4 Å². The molecule has 2 rings (SSSR count). The highest BCUT2D eigenvalue weighted by Gasteiger charge is 2.06. The monoisotopic (exact) mass is 272 g/mol. The molecule has 1 amide bonds. The van der Waals surface area contributed by atoms with Crippen LogP contribution in [-0.4, -0.2) is 22.0 Å². The molecule has 0 saturated heterocycles. The average Bonchev–Trinajstić information content (AvgIpc) is 2.45. The first kappa shape index (κ1) is 13.5. The van der Waals surface area contributed by atoms with Crippen molar-refractivity contribution >= 4 is 11.9 Å². The molecule has 1 aromatic carbocycles. The topological polar surface area (TPSA) is 99.3 Å². The van der Waals surface area contributed by atoms with Crippen molar-refractivity contribution in [2.24, 2.45) is 0 Å². The number of rotatable bonds is 4. The van der Waals surface area contributed by atoms with E-state index < -0.39 is 11.9 Å². The van der Waals surface area contributed by atoms with Gasteiger partial charge in [0.05, 0.1) is 5.56 Å². The van der Waals surface area contributed by atoms with Crippen LogP contribution in [0.4, 0.5) is 0 Å². The first-order valence-electron chi connectivity index (χ1n) is 5.86. The number of carbonyl (C=O) groups excluding carboxylic acids is 1. The van der Waals surface area contributed by atoms with E-state index in [2.05, 4.69) is 10.3 Å². The van der Waals surface area contributed by atoms with E-state index in [0.29, 0.717) is 0 Å². The molecule has 0 aliphatic rings. The van der Waals surface area contributed by atoms with Crippen LogP contribution < -0.4 is 10.9 Å². The summed E-state index contributed by atoms with van der Waals surface area (Å²) in [4.78, 5) is 36.0. The number of carboxylic acid groups (broad SMARTS) is 1. The fourth-order valence-corrected chi connectivity index (χ4v) is 1.62. The van der Waals surface area contributed by atoms with E-state index in [1.807, 2.05) is 0 Å². The van der Waals surface area contributed by atoms with E-state index >= 15 is 0 Å².